The molecule has 6 heteroatoms. The van der Waals surface area contributed by atoms with Crippen LogP contribution in [0.4, 0.5) is 8.78 Å². The molecule has 1 aliphatic rings. The van der Waals surface area contributed by atoms with Gasteiger partial charge in [0.1, 0.15) is 0 Å². The fraction of sp³-hybridized carbons (Fsp3) is 0.800. The molecule has 1 unspecified atom stereocenters. The second kappa shape index (κ2) is 4.76. The predicted molar refractivity (Wildman–Crippen MR) is 53.3 cm³/mol. The van der Waals surface area contributed by atoms with Gasteiger partial charge in [-0.2, -0.15) is 0 Å². The number of oxime groups is 1. The van der Waals surface area contributed by atoms with Crippen LogP contribution in [0.15, 0.2) is 5.16 Å². The second-order valence-electron chi connectivity index (χ2n) is 3.92. The molecule has 92 valence electrons. The first-order valence-corrected chi connectivity index (χ1v) is 5.14. The quantitative estimate of drug-likeness (QED) is 0.700. The number of nitrogens with zero attached hydrogens (tertiary/aromatic N) is 1. The van der Waals surface area contributed by atoms with Crippen molar-refractivity contribution in [3.8, 4) is 0 Å². The molecule has 16 heavy (non-hydrogen) atoms. The van der Waals surface area contributed by atoms with E-state index in [1.807, 2.05) is 0 Å². The van der Waals surface area contributed by atoms with Gasteiger partial charge in [-0.1, -0.05) is 19.0 Å². The highest BCUT2D eigenvalue weighted by Gasteiger charge is 2.56. The van der Waals surface area contributed by atoms with E-state index in [9.17, 15) is 13.6 Å². The van der Waals surface area contributed by atoms with Gasteiger partial charge in [0.2, 0.25) is 0 Å². The number of hydrogen-bond acceptors (Lipinski definition) is 4. The predicted octanol–water partition coefficient (Wildman–Crippen LogP) is 1.99. The molecule has 0 saturated heterocycles. The van der Waals surface area contributed by atoms with Gasteiger partial charge in [-0.05, 0) is 12.8 Å². The van der Waals surface area contributed by atoms with Crippen molar-refractivity contribution in [3.05, 3.63) is 0 Å². The lowest BCUT2D eigenvalue weighted by molar-refractivity contribution is -0.188. The molecule has 0 bridgehead atoms. The summed E-state index contributed by atoms with van der Waals surface area (Å²) in [6, 6.07) is 0. The minimum Gasteiger partial charge on any atom is -0.463 e. The Bertz CT molecular complexity index is 304. The van der Waals surface area contributed by atoms with Gasteiger partial charge >= 0.3 is 5.97 Å². The summed E-state index contributed by atoms with van der Waals surface area (Å²) in [6.45, 7) is 5.19. The van der Waals surface area contributed by atoms with Gasteiger partial charge in [-0.25, -0.2) is 13.6 Å². The lowest BCUT2D eigenvalue weighted by atomic mass is 9.93. The van der Waals surface area contributed by atoms with Gasteiger partial charge in [-0.15, -0.1) is 0 Å². The maximum atomic E-state index is 12.9. The van der Waals surface area contributed by atoms with Crippen LogP contribution >= 0.6 is 0 Å². The zero-order valence-electron chi connectivity index (χ0n) is 9.50. The third kappa shape index (κ3) is 2.15. The third-order valence-corrected chi connectivity index (χ3v) is 2.41. The Balaban J connectivity index is 2.84. The highest BCUT2D eigenvalue weighted by molar-refractivity contribution is 5.95. The van der Waals surface area contributed by atoms with E-state index in [-0.39, 0.29) is 18.9 Å². The van der Waals surface area contributed by atoms with Crippen LogP contribution in [-0.4, -0.2) is 30.3 Å². The van der Waals surface area contributed by atoms with Crippen LogP contribution in [-0.2, 0) is 14.4 Å². The second-order valence-corrected chi connectivity index (χ2v) is 3.92. The van der Waals surface area contributed by atoms with Gasteiger partial charge in [0.15, 0.2) is 0 Å². The fourth-order valence-electron chi connectivity index (χ4n) is 1.35. The monoisotopic (exact) mass is 235 g/mol. The van der Waals surface area contributed by atoms with Crippen molar-refractivity contribution in [1.82, 2.24) is 0 Å². The van der Waals surface area contributed by atoms with Crippen LogP contribution in [0.5, 0.6) is 0 Å². The van der Waals surface area contributed by atoms with Crippen molar-refractivity contribution in [3.63, 3.8) is 0 Å². The summed E-state index contributed by atoms with van der Waals surface area (Å²) in [5.74, 6) is -1.08. The number of carbonyl (C=O) groups excluding carboxylic acids is 1. The molecule has 4 nitrogen and oxygen atoms in total. The van der Waals surface area contributed by atoms with Crippen molar-refractivity contribution in [2.24, 2.45) is 11.1 Å². The molecule has 1 aliphatic heterocycles. The summed E-state index contributed by atoms with van der Waals surface area (Å²) in [4.78, 5) is 16.1. The molecule has 0 amide bonds. The SMILES string of the molecule is CCOC(=O)C1(C(F)F)CC(C(C)C)=NO1. The topological polar surface area (TPSA) is 47.9 Å². The number of esters is 1. The third-order valence-electron chi connectivity index (χ3n) is 2.41. The van der Waals surface area contributed by atoms with Crippen molar-refractivity contribution >= 4 is 11.7 Å². The van der Waals surface area contributed by atoms with Crippen LogP contribution in [0, 0.1) is 5.92 Å². The standard InChI is InChI=1S/C10H15F2NO3/c1-4-15-9(14)10(8(11)12)5-7(6(2)3)13-16-10/h6,8H,4-5H2,1-3H3. The highest BCUT2D eigenvalue weighted by atomic mass is 19.3. The number of hydrogen-bond donors (Lipinski definition) is 0. The van der Waals surface area contributed by atoms with Crippen molar-refractivity contribution < 1.29 is 23.1 Å². The minimum absolute atomic E-state index is 0.0324. The molecule has 0 aromatic rings. The first kappa shape index (κ1) is 12.9. The smallest absolute Gasteiger partial charge is 0.359 e. The van der Waals surface area contributed by atoms with E-state index >= 15 is 0 Å². The van der Waals surface area contributed by atoms with E-state index in [1.54, 1.807) is 20.8 Å². The van der Waals surface area contributed by atoms with Crippen LogP contribution in [0.1, 0.15) is 27.2 Å². The lowest BCUT2D eigenvalue weighted by Gasteiger charge is -2.23. The molecule has 0 aromatic heterocycles. The Morgan fingerprint density at radius 1 is 1.62 bits per heavy atom. The summed E-state index contributed by atoms with van der Waals surface area (Å²) >= 11 is 0. The van der Waals surface area contributed by atoms with Gasteiger partial charge in [-0.3, -0.25) is 0 Å². The van der Waals surface area contributed by atoms with Crippen LogP contribution < -0.4 is 0 Å². The lowest BCUT2D eigenvalue weighted by Crippen LogP contribution is -2.47. The fourth-order valence-corrected chi connectivity index (χ4v) is 1.35. The summed E-state index contributed by atoms with van der Waals surface area (Å²) in [5, 5.41) is 3.55. The Kier molecular flexibility index (Phi) is 3.83. The number of alkyl halides is 2. The first-order valence-electron chi connectivity index (χ1n) is 5.14. The molecule has 1 atom stereocenters. The summed E-state index contributed by atoms with van der Waals surface area (Å²) in [5.41, 5.74) is -1.79. The molecular formula is C10H15F2NO3. The van der Waals surface area contributed by atoms with Gasteiger partial charge in [0, 0.05) is 6.42 Å². The summed E-state index contributed by atoms with van der Waals surface area (Å²) < 4.78 is 30.4. The molecular weight excluding hydrogens is 220 g/mol. The van der Waals surface area contributed by atoms with Crippen molar-refractivity contribution in [1.29, 1.82) is 0 Å². The molecule has 1 heterocycles. The van der Waals surface area contributed by atoms with Crippen molar-refractivity contribution in [2.45, 2.75) is 39.2 Å². The van der Waals surface area contributed by atoms with E-state index < -0.39 is 18.0 Å². The molecule has 0 radical (unpaired) electrons. The molecule has 0 saturated carbocycles. The molecule has 0 spiro atoms. The van der Waals surface area contributed by atoms with E-state index in [4.69, 9.17) is 0 Å². The highest BCUT2D eigenvalue weighted by Crippen LogP contribution is 2.33. The molecule has 1 rings (SSSR count). The van der Waals surface area contributed by atoms with E-state index in [2.05, 4.69) is 14.7 Å². The largest absolute Gasteiger partial charge is 0.463 e. The number of halogens is 2. The zero-order valence-corrected chi connectivity index (χ0v) is 9.50. The van der Waals surface area contributed by atoms with Crippen LogP contribution in [0.2, 0.25) is 0 Å². The Morgan fingerprint density at radius 2 is 2.25 bits per heavy atom. The Morgan fingerprint density at radius 3 is 2.62 bits per heavy atom. The molecule has 0 N–H and O–H groups in total. The number of rotatable bonds is 4. The zero-order chi connectivity index (χ0) is 12.3. The van der Waals surface area contributed by atoms with E-state index in [1.165, 1.54) is 0 Å². The molecule has 0 aliphatic carbocycles. The van der Waals surface area contributed by atoms with E-state index in [0.717, 1.165) is 0 Å². The number of carbonyl (C=O) groups is 1. The molecule has 0 fully saturated rings. The summed E-state index contributed by atoms with van der Waals surface area (Å²) in [6.07, 6.45) is -3.16. The van der Waals surface area contributed by atoms with E-state index in [0.29, 0.717) is 5.71 Å². The van der Waals surface area contributed by atoms with Gasteiger partial charge < -0.3 is 9.57 Å². The first-order chi connectivity index (χ1) is 7.44. The van der Waals surface area contributed by atoms with Crippen molar-refractivity contribution in [2.75, 3.05) is 6.61 Å². The van der Waals surface area contributed by atoms with Gasteiger partial charge in [0.05, 0.1) is 12.3 Å². The summed E-state index contributed by atoms with van der Waals surface area (Å²) in [7, 11) is 0. The maximum Gasteiger partial charge on any atom is 0.359 e. The van der Waals surface area contributed by atoms with Crippen LogP contribution in [0.3, 0.4) is 0 Å². The minimum atomic E-state index is -2.95. The average Bonchev–Trinajstić information content (AvgIpc) is 2.63. The Labute approximate surface area is 92.6 Å². The molecule has 0 aromatic carbocycles. The maximum absolute atomic E-state index is 12.9. The average molecular weight is 235 g/mol. The normalized spacial score (nSPS) is 24.6. The van der Waals surface area contributed by atoms with Gasteiger partial charge in [0.25, 0.3) is 12.0 Å². The van der Waals surface area contributed by atoms with Crippen LogP contribution in [0.25, 0.3) is 0 Å². The Hall–Kier alpha value is -1.20. The number of ether oxygens (including phenoxy) is 1.